The first-order valence-corrected chi connectivity index (χ1v) is 6.73. The first-order chi connectivity index (χ1) is 8.24. The van der Waals surface area contributed by atoms with Gasteiger partial charge in [0.15, 0.2) is 0 Å². The highest BCUT2D eigenvalue weighted by molar-refractivity contribution is 7.99. The molecule has 0 saturated heterocycles. The highest BCUT2D eigenvalue weighted by atomic mass is 32.2. The molecule has 1 aromatic carbocycles. The number of hydrogen-bond donors (Lipinski definition) is 2. The molecule has 5 heteroatoms. The molecule has 0 amide bonds. The van der Waals surface area contributed by atoms with Crippen LogP contribution in [-0.4, -0.2) is 10.2 Å². The summed E-state index contributed by atoms with van der Waals surface area (Å²) in [4.78, 5) is 1.75. The van der Waals surface area contributed by atoms with E-state index in [2.05, 4.69) is 0 Å². The molecule has 0 atom stereocenters. The Morgan fingerprint density at radius 2 is 1.82 bits per heavy atom. The largest absolute Gasteiger partial charge is 0.392 e. The van der Waals surface area contributed by atoms with E-state index in [1.165, 1.54) is 35.2 Å². The molecule has 0 aliphatic carbocycles. The summed E-state index contributed by atoms with van der Waals surface area (Å²) in [7, 11) is 0. The Bertz CT molecular complexity index is 511. The van der Waals surface area contributed by atoms with Crippen molar-refractivity contribution in [3.8, 4) is 0 Å². The van der Waals surface area contributed by atoms with Crippen LogP contribution in [-0.2, 0) is 13.2 Å². The first-order valence-electron chi connectivity index (χ1n) is 4.97. The zero-order valence-corrected chi connectivity index (χ0v) is 10.5. The van der Waals surface area contributed by atoms with Crippen LogP contribution in [0.25, 0.3) is 0 Å². The van der Waals surface area contributed by atoms with Gasteiger partial charge in [-0.25, -0.2) is 4.39 Å². The van der Waals surface area contributed by atoms with E-state index < -0.39 is 0 Å². The Balaban J connectivity index is 2.29. The van der Waals surface area contributed by atoms with E-state index in [0.717, 1.165) is 15.4 Å². The molecule has 90 valence electrons. The summed E-state index contributed by atoms with van der Waals surface area (Å²) in [5, 5.41) is 22.1. The maximum absolute atomic E-state index is 13.0. The monoisotopic (exact) mass is 270 g/mol. The molecule has 2 aromatic rings. The number of benzene rings is 1. The number of hydrogen-bond acceptors (Lipinski definition) is 4. The third-order valence-electron chi connectivity index (χ3n) is 2.29. The molecular formula is C12H11FO2S2. The van der Waals surface area contributed by atoms with Crippen LogP contribution in [0.4, 0.5) is 4.39 Å². The van der Waals surface area contributed by atoms with Crippen molar-refractivity contribution in [1.29, 1.82) is 0 Å². The van der Waals surface area contributed by atoms with Crippen LogP contribution in [0, 0.1) is 5.82 Å². The first kappa shape index (κ1) is 12.6. The second-order valence-electron chi connectivity index (χ2n) is 3.43. The fraction of sp³-hybridized carbons (Fsp3) is 0.167. The van der Waals surface area contributed by atoms with Crippen molar-refractivity contribution in [3.63, 3.8) is 0 Å². The van der Waals surface area contributed by atoms with Crippen molar-refractivity contribution in [3.05, 3.63) is 45.9 Å². The number of rotatable bonds is 4. The summed E-state index contributed by atoms with van der Waals surface area (Å²) in [6.45, 7) is -0.208. The van der Waals surface area contributed by atoms with E-state index >= 15 is 0 Å². The predicted molar refractivity (Wildman–Crippen MR) is 66.7 cm³/mol. The minimum absolute atomic E-state index is 0.0124. The molecule has 0 aliphatic rings. The molecule has 0 saturated carbocycles. The zero-order valence-electron chi connectivity index (χ0n) is 8.89. The fourth-order valence-corrected chi connectivity index (χ4v) is 3.43. The molecule has 0 radical (unpaired) electrons. The van der Waals surface area contributed by atoms with E-state index in [1.54, 1.807) is 6.07 Å². The highest BCUT2D eigenvalue weighted by Crippen LogP contribution is 2.35. The smallest absolute Gasteiger partial charge is 0.123 e. The molecule has 1 aromatic heterocycles. The molecule has 2 rings (SSSR count). The number of aliphatic hydroxyl groups excluding tert-OH is 2. The summed E-state index contributed by atoms with van der Waals surface area (Å²) in [5.41, 5.74) is 1.42. The van der Waals surface area contributed by atoms with Gasteiger partial charge in [0, 0.05) is 20.7 Å². The molecule has 0 fully saturated rings. The third kappa shape index (κ3) is 2.87. The van der Waals surface area contributed by atoms with Gasteiger partial charge in [-0.05, 0) is 29.1 Å². The molecule has 2 nitrogen and oxygen atoms in total. The summed E-state index contributed by atoms with van der Waals surface area (Å²) < 4.78 is 13.0. The van der Waals surface area contributed by atoms with Crippen LogP contribution in [0.3, 0.4) is 0 Å². The minimum atomic E-state index is -0.355. The Labute approximate surface area is 107 Å². The molecule has 0 spiro atoms. The van der Waals surface area contributed by atoms with Crippen LogP contribution in [0.5, 0.6) is 0 Å². The maximum Gasteiger partial charge on any atom is 0.123 e. The van der Waals surface area contributed by atoms with Crippen LogP contribution < -0.4 is 0 Å². The average molecular weight is 270 g/mol. The van der Waals surface area contributed by atoms with Crippen LogP contribution >= 0.6 is 23.1 Å². The van der Waals surface area contributed by atoms with Crippen LogP contribution in [0.2, 0.25) is 0 Å². The topological polar surface area (TPSA) is 40.5 Å². The van der Waals surface area contributed by atoms with Crippen molar-refractivity contribution < 1.29 is 14.6 Å². The van der Waals surface area contributed by atoms with Gasteiger partial charge in [0.1, 0.15) is 5.82 Å². The second-order valence-corrected chi connectivity index (χ2v) is 5.26. The summed E-state index contributed by atoms with van der Waals surface area (Å²) in [6, 6.07) is 4.34. The normalized spacial score (nSPS) is 10.8. The van der Waals surface area contributed by atoms with Crippen molar-refractivity contribution in [2.75, 3.05) is 0 Å². The van der Waals surface area contributed by atoms with E-state index in [4.69, 9.17) is 5.11 Å². The van der Waals surface area contributed by atoms with Gasteiger partial charge in [-0.3, -0.25) is 0 Å². The Hall–Kier alpha value is -0.880. The molecule has 2 N–H and O–H groups in total. The van der Waals surface area contributed by atoms with Crippen LogP contribution in [0.15, 0.2) is 38.8 Å². The Morgan fingerprint density at radius 3 is 2.53 bits per heavy atom. The minimum Gasteiger partial charge on any atom is -0.392 e. The van der Waals surface area contributed by atoms with Gasteiger partial charge >= 0.3 is 0 Å². The van der Waals surface area contributed by atoms with Gasteiger partial charge in [-0.1, -0.05) is 11.8 Å². The van der Waals surface area contributed by atoms with Gasteiger partial charge in [0.05, 0.1) is 13.2 Å². The van der Waals surface area contributed by atoms with Gasteiger partial charge in [0.2, 0.25) is 0 Å². The van der Waals surface area contributed by atoms with E-state index in [9.17, 15) is 9.50 Å². The molecule has 0 unspecified atom stereocenters. The van der Waals surface area contributed by atoms with Crippen molar-refractivity contribution in [2.24, 2.45) is 0 Å². The summed E-state index contributed by atoms with van der Waals surface area (Å²) in [5.74, 6) is -0.355. The highest BCUT2D eigenvalue weighted by Gasteiger charge is 2.09. The van der Waals surface area contributed by atoms with Crippen LogP contribution in [0.1, 0.15) is 11.1 Å². The molecule has 1 heterocycles. The number of thiophene rings is 1. The average Bonchev–Trinajstić information content (AvgIpc) is 2.78. The lowest BCUT2D eigenvalue weighted by atomic mass is 10.2. The third-order valence-corrected chi connectivity index (χ3v) is 4.44. The maximum atomic E-state index is 13.0. The van der Waals surface area contributed by atoms with Gasteiger partial charge in [0.25, 0.3) is 0 Å². The predicted octanol–water partition coefficient (Wildman–Crippen LogP) is 3.02. The number of halogens is 1. The summed E-state index contributed by atoms with van der Waals surface area (Å²) >= 11 is 2.94. The Morgan fingerprint density at radius 1 is 1.06 bits per heavy atom. The molecule has 17 heavy (non-hydrogen) atoms. The zero-order chi connectivity index (χ0) is 12.3. The number of aliphatic hydroxyl groups is 2. The van der Waals surface area contributed by atoms with E-state index in [-0.39, 0.29) is 19.0 Å². The SMILES string of the molecule is OCc1cc(F)ccc1Sc1cscc1CO. The Kier molecular flexibility index (Phi) is 4.17. The lowest BCUT2D eigenvalue weighted by molar-refractivity contribution is 0.278. The van der Waals surface area contributed by atoms with E-state index in [0.29, 0.717) is 5.56 Å². The lowest BCUT2D eigenvalue weighted by Crippen LogP contribution is -1.90. The molecular weight excluding hydrogens is 259 g/mol. The molecule has 0 aliphatic heterocycles. The van der Waals surface area contributed by atoms with E-state index in [1.807, 2.05) is 10.8 Å². The standard InChI is InChI=1S/C12H11FO2S2/c13-10-1-2-11(8(3-10)4-14)17-12-7-16-6-9(12)5-15/h1-3,6-7,14-15H,4-5H2. The van der Waals surface area contributed by atoms with Crippen molar-refractivity contribution in [1.82, 2.24) is 0 Å². The quantitative estimate of drug-likeness (QED) is 0.897. The fourth-order valence-electron chi connectivity index (χ4n) is 1.41. The van der Waals surface area contributed by atoms with Gasteiger partial charge < -0.3 is 10.2 Å². The van der Waals surface area contributed by atoms with Crippen molar-refractivity contribution in [2.45, 2.75) is 23.0 Å². The second kappa shape index (κ2) is 5.64. The summed E-state index contributed by atoms with van der Waals surface area (Å²) in [6.07, 6.45) is 0. The lowest BCUT2D eigenvalue weighted by Gasteiger charge is -2.07. The molecule has 0 bridgehead atoms. The van der Waals surface area contributed by atoms with Crippen molar-refractivity contribution >= 4 is 23.1 Å². The van der Waals surface area contributed by atoms with Gasteiger partial charge in [-0.15, -0.1) is 0 Å². The van der Waals surface area contributed by atoms with Gasteiger partial charge in [-0.2, -0.15) is 11.3 Å².